The third kappa shape index (κ3) is 3.84. The summed E-state index contributed by atoms with van der Waals surface area (Å²) in [4.78, 5) is 26.2. The second kappa shape index (κ2) is 6.92. The van der Waals surface area contributed by atoms with Gasteiger partial charge in [0.2, 0.25) is 5.91 Å². The van der Waals surface area contributed by atoms with Crippen molar-refractivity contribution in [3.63, 3.8) is 0 Å². The van der Waals surface area contributed by atoms with Crippen molar-refractivity contribution in [2.45, 2.75) is 26.2 Å². The lowest BCUT2D eigenvalue weighted by Crippen LogP contribution is -2.26. The second-order valence-corrected chi connectivity index (χ2v) is 4.98. The summed E-state index contributed by atoms with van der Waals surface area (Å²) in [6, 6.07) is 7.95. The Morgan fingerprint density at radius 1 is 1.29 bits per heavy atom. The number of ether oxygens (including phenoxy) is 1. The van der Waals surface area contributed by atoms with E-state index in [0.29, 0.717) is 25.8 Å². The third-order valence-electron chi connectivity index (χ3n) is 3.47. The molecule has 112 valence electrons. The molecular weight excluding hydrogens is 268 g/mol. The molecule has 0 bridgehead atoms. The Kier molecular flexibility index (Phi) is 4.98. The fourth-order valence-electron chi connectivity index (χ4n) is 2.35. The lowest BCUT2D eigenvalue weighted by Gasteiger charge is -2.05. The number of rotatable bonds is 6. The summed E-state index contributed by atoms with van der Waals surface area (Å²) >= 11 is 0. The first-order valence-electron chi connectivity index (χ1n) is 7.01. The Balaban J connectivity index is 1.90. The Morgan fingerprint density at radius 3 is 2.81 bits per heavy atom. The maximum Gasteiger partial charge on any atom is 0.305 e. The predicted octanol–water partition coefficient (Wildman–Crippen LogP) is 2.09. The number of methoxy groups -OCH3 is 1. The van der Waals surface area contributed by atoms with E-state index in [-0.39, 0.29) is 11.9 Å². The zero-order valence-corrected chi connectivity index (χ0v) is 12.4. The van der Waals surface area contributed by atoms with E-state index in [9.17, 15) is 9.59 Å². The molecule has 0 aliphatic heterocycles. The standard InChI is InChI=1S/C16H20N2O3/c1-11-13(12-6-3-4-7-14(12)18-11)10-15(19)17-9-5-8-16(20)21-2/h3-4,6-7,18H,5,8-10H2,1-2H3,(H,17,19). The van der Waals surface area contributed by atoms with Gasteiger partial charge in [0, 0.05) is 29.6 Å². The van der Waals surface area contributed by atoms with Crippen molar-refractivity contribution < 1.29 is 14.3 Å². The predicted molar refractivity (Wildman–Crippen MR) is 81.0 cm³/mol. The smallest absolute Gasteiger partial charge is 0.305 e. The molecule has 5 nitrogen and oxygen atoms in total. The number of nitrogens with one attached hydrogen (secondary N) is 2. The van der Waals surface area contributed by atoms with E-state index in [1.807, 2.05) is 31.2 Å². The minimum Gasteiger partial charge on any atom is -0.469 e. The van der Waals surface area contributed by atoms with Gasteiger partial charge >= 0.3 is 5.97 Å². The molecule has 0 unspecified atom stereocenters. The zero-order valence-electron chi connectivity index (χ0n) is 12.4. The molecule has 0 saturated carbocycles. The first kappa shape index (κ1) is 15.1. The number of H-pyrrole nitrogens is 1. The average molecular weight is 288 g/mol. The molecule has 2 aromatic rings. The Morgan fingerprint density at radius 2 is 2.05 bits per heavy atom. The van der Waals surface area contributed by atoms with Crippen LogP contribution < -0.4 is 5.32 Å². The van der Waals surface area contributed by atoms with Crippen LogP contribution in [0.4, 0.5) is 0 Å². The molecule has 1 heterocycles. The average Bonchev–Trinajstić information content (AvgIpc) is 2.79. The number of hydrogen-bond donors (Lipinski definition) is 2. The van der Waals surface area contributed by atoms with Crippen LogP contribution >= 0.6 is 0 Å². The molecule has 2 N–H and O–H groups in total. The molecule has 2 rings (SSSR count). The molecule has 0 fully saturated rings. The van der Waals surface area contributed by atoms with Crippen molar-refractivity contribution in [1.82, 2.24) is 10.3 Å². The normalized spacial score (nSPS) is 10.6. The number of carbonyl (C=O) groups excluding carboxylic acids is 2. The van der Waals surface area contributed by atoms with E-state index in [0.717, 1.165) is 22.2 Å². The number of fused-ring (bicyclic) bond motifs is 1. The summed E-state index contributed by atoms with van der Waals surface area (Å²) in [5.74, 6) is -0.288. The van der Waals surface area contributed by atoms with Crippen LogP contribution in [0.1, 0.15) is 24.1 Å². The monoisotopic (exact) mass is 288 g/mol. The summed E-state index contributed by atoms with van der Waals surface area (Å²) in [6.45, 7) is 2.45. The van der Waals surface area contributed by atoms with Gasteiger partial charge in [0.25, 0.3) is 0 Å². The maximum atomic E-state index is 12.0. The third-order valence-corrected chi connectivity index (χ3v) is 3.47. The van der Waals surface area contributed by atoms with E-state index in [4.69, 9.17) is 0 Å². The molecule has 1 aromatic carbocycles. The van der Waals surface area contributed by atoms with Crippen LogP contribution in [0.3, 0.4) is 0 Å². The number of aromatic amines is 1. The quantitative estimate of drug-likeness (QED) is 0.631. The van der Waals surface area contributed by atoms with E-state index >= 15 is 0 Å². The minimum absolute atomic E-state index is 0.0345. The van der Waals surface area contributed by atoms with Crippen LogP contribution in [0.2, 0.25) is 0 Å². The van der Waals surface area contributed by atoms with E-state index < -0.39 is 0 Å². The molecule has 1 aromatic heterocycles. The minimum atomic E-state index is -0.253. The highest BCUT2D eigenvalue weighted by molar-refractivity contribution is 5.90. The number of para-hydroxylation sites is 1. The van der Waals surface area contributed by atoms with Crippen molar-refractivity contribution in [1.29, 1.82) is 0 Å². The van der Waals surface area contributed by atoms with Crippen LogP contribution in [0.5, 0.6) is 0 Å². The Labute approximate surface area is 123 Å². The topological polar surface area (TPSA) is 71.2 Å². The highest BCUT2D eigenvalue weighted by Gasteiger charge is 2.11. The first-order chi connectivity index (χ1) is 10.1. The molecule has 0 aliphatic carbocycles. The fourth-order valence-corrected chi connectivity index (χ4v) is 2.35. The van der Waals surface area contributed by atoms with Crippen LogP contribution in [-0.4, -0.2) is 30.5 Å². The van der Waals surface area contributed by atoms with Gasteiger partial charge < -0.3 is 15.0 Å². The number of aromatic nitrogens is 1. The maximum absolute atomic E-state index is 12.0. The highest BCUT2D eigenvalue weighted by atomic mass is 16.5. The molecule has 5 heteroatoms. The second-order valence-electron chi connectivity index (χ2n) is 4.98. The summed E-state index contributed by atoms with van der Waals surface area (Å²) in [5.41, 5.74) is 3.08. The lowest BCUT2D eigenvalue weighted by molar-refractivity contribution is -0.140. The number of benzene rings is 1. The van der Waals surface area contributed by atoms with Crippen molar-refractivity contribution in [2.24, 2.45) is 0 Å². The van der Waals surface area contributed by atoms with Crippen molar-refractivity contribution in [2.75, 3.05) is 13.7 Å². The number of carbonyl (C=O) groups is 2. The van der Waals surface area contributed by atoms with Gasteiger partial charge in [-0.3, -0.25) is 9.59 Å². The molecular formula is C16H20N2O3. The Hall–Kier alpha value is -2.30. The molecule has 0 atom stereocenters. The summed E-state index contributed by atoms with van der Waals surface area (Å²) in [7, 11) is 1.36. The van der Waals surface area contributed by atoms with Crippen LogP contribution in [0.15, 0.2) is 24.3 Å². The summed E-state index contributed by atoms with van der Waals surface area (Å²) in [5, 5.41) is 3.91. The van der Waals surface area contributed by atoms with Gasteiger partial charge in [-0.05, 0) is 25.0 Å². The van der Waals surface area contributed by atoms with Gasteiger partial charge in [-0.25, -0.2) is 0 Å². The van der Waals surface area contributed by atoms with Gasteiger partial charge in [-0.15, -0.1) is 0 Å². The number of esters is 1. The largest absolute Gasteiger partial charge is 0.469 e. The molecule has 0 radical (unpaired) electrons. The van der Waals surface area contributed by atoms with E-state index in [1.54, 1.807) is 0 Å². The van der Waals surface area contributed by atoms with Gasteiger partial charge in [-0.1, -0.05) is 18.2 Å². The molecule has 0 spiro atoms. The number of amides is 1. The van der Waals surface area contributed by atoms with E-state index in [1.165, 1.54) is 7.11 Å². The Bertz CT molecular complexity index is 646. The molecule has 21 heavy (non-hydrogen) atoms. The fraction of sp³-hybridized carbons (Fsp3) is 0.375. The van der Waals surface area contributed by atoms with Gasteiger partial charge in [0.1, 0.15) is 0 Å². The summed E-state index contributed by atoms with van der Waals surface area (Å²) in [6.07, 6.45) is 1.25. The van der Waals surface area contributed by atoms with Crippen molar-refractivity contribution >= 4 is 22.8 Å². The van der Waals surface area contributed by atoms with Crippen molar-refractivity contribution in [3.05, 3.63) is 35.5 Å². The highest BCUT2D eigenvalue weighted by Crippen LogP contribution is 2.22. The molecule has 0 saturated heterocycles. The van der Waals surface area contributed by atoms with Crippen molar-refractivity contribution in [3.8, 4) is 0 Å². The van der Waals surface area contributed by atoms with Crippen LogP contribution in [-0.2, 0) is 20.7 Å². The molecule has 0 aliphatic rings. The lowest BCUT2D eigenvalue weighted by atomic mass is 10.1. The first-order valence-corrected chi connectivity index (χ1v) is 7.01. The zero-order chi connectivity index (χ0) is 15.2. The van der Waals surface area contributed by atoms with Gasteiger partial charge in [-0.2, -0.15) is 0 Å². The van der Waals surface area contributed by atoms with Crippen LogP contribution in [0.25, 0.3) is 10.9 Å². The van der Waals surface area contributed by atoms with E-state index in [2.05, 4.69) is 15.0 Å². The van der Waals surface area contributed by atoms with Gasteiger partial charge in [0.15, 0.2) is 0 Å². The number of aryl methyl sites for hydroxylation is 1. The summed E-state index contributed by atoms with van der Waals surface area (Å²) < 4.78 is 4.55. The SMILES string of the molecule is COC(=O)CCCNC(=O)Cc1c(C)[nH]c2ccccc12. The molecule has 1 amide bonds. The number of hydrogen-bond acceptors (Lipinski definition) is 3. The van der Waals surface area contributed by atoms with Crippen LogP contribution in [0, 0.1) is 6.92 Å². The van der Waals surface area contributed by atoms with Gasteiger partial charge in [0.05, 0.1) is 13.5 Å².